The summed E-state index contributed by atoms with van der Waals surface area (Å²) in [7, 11) is 2.06. The zero-order chi connectivity index (χ0) is 25.4. The van der Waals surface area contributed by atoms with Crippen LogP contribution in [0.3, 0.4) is 0 Å². The molecule has 0 aliphatic carbocycles. The van der Waals surface area contributed by atoms with E-state index in [4.69, 9.17) is 5.73 Å². The molecular weight excluding hydrogens is 472 g/mol. The van der Waals surface area contributed by atoms with Gasteiger partial charge in [0.15, 0.2) is 0 Å². The van der Waals surface area contributed by atoms with E-state index in [2.05, 4.69) is 43.5 Å². The Kier molecular flexibility index (Phi) is 8.06. The SMILES string of the molecule is CN1CCC(NC(=O)C2CCN(C3C(F)CNCC3NC(=O)C3C(N)NN4CC(F)CNC34)CC2)C1. The molecule has 0 saturated carbocycles. The topological polar surface area (TPSA) is 130 Å². The fourth-order valence-corrected chi connectivity index (χ4v) is 6.58. The summed E-state index contributed by atoms with van der Waals surface area (Å²) in [5.41, 5.74) is 9.18. The van der Waals surface area contributed by atoms with E-state index in [-0.39, 0.29) is 43.4 Å². The predicted molar refractivity (Wildman–Crippen MR) is 130 cm³/mol. The van der Waals surface area contributed by atoms with Crippen molar-refractivity contribution in [3.8, 4) is 0 Å². The molecule has 8 unspecified atom stereocenters. The Morgan fingerprint density at radius 3 is 2.47 bits per heavy atom. The summed E-state index contributed by atoms with van der Waals surface area (Å²) >= 11 is 0. The van der Waals surface area contributed by atoms with E-state index < -0.39 is 42.7 Å². The molecule has 7 N–H and O–H groups in total. The summed E-state index contributed by atoms with van der Waals surface area (Å²) in [4.78, 5) is 30.4. The van der Waals surface area contributed by atoms with Gasteiger partial charge < -0.3 is 26.6 Å². The van der Waals surface area contributed by atoms with E-state index in [1.807, 2.05) is 0 Å². The number of carbonyl (C=O) groups excluding carboxylic acids is 2. The standard InChI is InChI=1S/C23H41F2N9O2/c1-32-5-4-15(12-32)29-22(35)13-2-6-33(7-3-13)19-16(25)9-27-10-17(19)30-23(36)18-20(26)31-34-11-14(24)8-28-21(18)34/h13-21,27-28,31H,2-12,26H2,1H3,(H,29,35)(H,30,36). The summed E-state index contributed by atoms with van der Waals surface area (Å²) in [5, 5.41) is 14.0. The Bertz CT molecular complexity index is 802. The first-order valence-corrected chi connectivity index (χ1v) is 13.3. The molecule has 5 saturated heterocycles. The monoisotopic (exact) mass is 513 g/mol. The molecule has 13 heteroatoms. The number of piperidine rings is 2. The van der Waals surface area contributed by atoms with E-state index >= 15 is 4.39 Å². The summed E-state index contributed by atoms with van der Waals surface area (Å²) in [6.07, 6.45) is -0.913. The molecule has 36 heavy (non-hydrogen) atoms. The first kappa shape index (κ1) is 26.1. The van der Waals surface area contributed by atoms with Crippen molar-refractivity contribution in [2.24, 2.45) is 17.6 Å². The van der Waals surface area contributed by atoms with Crippen LogP contribution in [0.5, 0.6) is 0 Å². The number of carbonyl (C=O) groups is 2. The lowest BCUT2D eigenvalue weighted by Crippen LogP contribution is -2.67. The van der Waals surface area contributed by atoms with Gasteiger partial charge in [-0.25, -0.2) is 19.2 Å². The zero-order valence-electron chi connectivity index (χ0n) is 21.0. The van der Waals surface area contributed by atoms with E-state index in [9.17, 15) is 14.0 Å². The maximum Gasteiger partial charge on any atom is 0.229 e. The number of hydrogen-bond donors (Lipinski definition) is 6. The number of amides is 2. The molecule has 0 aromatic carbocycles. The highest BCUT2D eigenvalue weighted by Crippen LogP contribution is 2.26. The van der Waals surface area contributed by atoms with Crippen molar-refractivity contribution in [3.05, 3.63) is 0 Å². The second-order valence-corrected chi connectivity index (χ2v) is 11.1. The van der Waals surface area contributed by atoms with Crippen molar-refractivity contribution in [2.45, 2.75) is 62.1 Å². The summed E-state index contributed by atoms with van der Waals surface area (Å²) in [5.74, 6) is -0.855. The number of nitrogens with one attached hydrogen (secondary N) is 5. The van der Waals surface area contributed by atoms with Gasteiger partial charge in [0.1, 0.15) is 12.3 Å². The van der Waals surface area contributed by atoms with Crippen molar-refractivity contribution in [1.29, 1.82) is 0 Å². The van der Waals surface area contributed by atoms with Crippen LogP contribution in [0.4, 0.5) is 8.78 Å². The number of likely N-dealkylation sites (tertiary alicyclic amines) is 2. The minimum Gasteiger partial charge on any atom is -0.352 e. The third-order valence-corrected chi connectivity index (χ3v) is 8.50. The molecule has 2 amide bonds. The number of nitrogens with two attached hydrogens (primary N) is 1. The van der Waals surface area contributed by atoms with Crippen molar-refractivity contribution in [3.63, 3.8) is 0 Å². The van der Waals surface area contributed by atoms with Gasteiger partial charge in [-0.15, -0.1) is 0 Å². The molecule has 11 nitrogen and oxygen atoms in total. The second-order valence-electron chi connectivity index (χ2n) is 11.1. The van der Waals surface area contributed by atoms with Gasteiger partial charge in [-0.3, -0.25) is 19.8 Å². The van der Waals surface area contributed by atoms with E-state index in [0.29, 0.717) is 32.5 Å². The average Bonchev–Trinajstić information content (AvgIpc) is 3.40. The van der Waals surface area contributed by atoms with Gasteiger partial charge in [-0.05, 0) is 45.9 Å². The molecule has 5 aliphatic rings. The summed E-state index contributed by atoms with van der Waals surface area (Å²) < 4.78 is 29.0. The van der Waals surface area contributed by atoms with Crippen molar-refractivity contribution >= 4 is 11.8 Å². The second kappa shape index (κ2) is 11.1. The van der Waals surface area contributed by atoms with Crippen molar-refractivity contribution < 1.29 is 18.4 Å². The number of likely N-dealkylation sites (N-methyl/N-ethyl adjacent to an activating group) is 1. The zero-order valence-corrected chi connectivity index (χ0v) is 21.0. The fraction of sp³-hybridized carbons (Fsp3) is 0.913. The van der Waals surface area contributed by atoms with Gasteiger partial charge in [0.25, 0.3) is 0 Å². The summed E-state index contributed by atoms with van der Waals surface area (Å²) in [6, 6.07) is -0.695. The van der Waals surface area contributed by atoms with Gasteiger partial charge in [-0.2, -0.15) is 0 Å². The van der Waals surface area contributed by atoms with E-state index in [1.165, 1.54) is 0 Å². The molecule has 204 valence electrons. The first-order chi connectivity index (χ1) is 17.3. The van der Waals surface area contributed by atoms with Gasteiger partial charge >= 0.3 is 0 Å². The Balaban J connectivity index is 1.17. The molecule has 5 aliphatic heterocycles. The van der Waals surface area contributed by atoms with Crippen LogP contribution >= 0.6 is 0 Å². The minimum atomic E-state index is -1.14. The smallest absolute Gasteiger partial charge is 0.229 e. The normalized spacial score (nSPS) is 41.2. The quantitative estimate of drug-likeness (QED) is 0.233. The largest absolute Gasteiger partial charge is 0.352 e. The molecule has 5 rings (SSSR count). The average molecular weight is 514 g/mol. The highest BCUT2D eigenvalue weighted by atomic mass is 19.1. The molecule has 0 aromatic heterocycles. The van der Waals surface area contributed by atoms with Gasteiger partial charge in [-0.1, -0.05) is 0 Å². The highest BCUT2D eigenvalue weighted by Gasteiger charge is 2.48. The van der Waals surface area contributed by atoms with Crippen LogP contribution in [0, 0.1) is 11.8 Å². The minimum absolute atomic E-state index is 0.0646. The van der Waals surface area contributed by atoms with Crippen molar-refractivity contribution in [2.75, 3.05) is 59.4 Å². The number of hydrogen-bond acceptors (Lipinski definition) is 9. The lowest BCUT2D eigenvalue weighted by molar-refractivity contribution is -0.128. The van der Waals surface area contributed by atoms with Gasteiger partial charge in [0.05, 0.1) is 30.3 Å². The number of fused-ring (bicyclic) bond motifs is 1. The fourth-order valence-electron chi connectivity index (χ4n) is 6.58. The molecule has 0 aromatic rings. The van der Waals surface area contributed by atoms with Crippen LogP contribution in [0.25, 0.3) is 0 Å². The van der Waals surface area contributed by atoms with E-state index in [0.717, 1.165) is 19.5 Å². The lowest BCUT2D eigenvalue weighted by atomic mass is 9.90. The maximum absolute atomic E-state index is 15.2. The molecule has 5 heterocycles. The molecule has 8 atom stereocenters. The highest BCUT2D eigenvalue weighted by molar-refractivity contribution is 5.81. The Morgan fingerprint density at radius 1 is 0.972 bits per heavy atom. The van der Waals surface area contributed by atoms with Crippen LogP contribution in [-0.4, -0.2) is 129 Å². The molecule has 5 fully saturated rings. The number of rotatable bonds is 5. The lowest BCUT2D eigenvalue weighted by Gasteiger charge is -2.45. The van der Waals surface area contributed by atoms with Crippen LogP contribution < -0.4 is 32.4 Å². The van der Waals surface area contributed by atoms with Crippen LogP contribution in [0.1, 0.15) is 19.3 Å². The van der Waals surface area contributed by atoms with E-state index in [1.54, 1.807) is 5.01 Å². The molecule has 0 spiro atoms. The first-order valence-electron chi connectivity index (χ1n) is 13.3. The van der Waals surface area contributed by atoms with Gasteiger partial charge in [0.2, 0.25) is 11.8 Å². The number of halogens is 2. The van der Waals surface area contributed by atoms with Crippen LogP contribution in [-0.2, 0) is 9.59 Å². The molecular formula is C23H41F2N9O2. The number of nitrogens with zero attached hydrogens (tertiary/aromatic N) is 3. The third-order valence-electron chi connectivity index (χ3n) is 8.50. The molecule has 0 radical (unpaired) electrons. The van der Waals surface area contributed by atoms with Gasteiger partial charge in [0, 0.05) is 44.7 Å². The summed E-state index contributed by atoms with van der Waals surface area (Å²) in [6.45, 7) is 4.11. The van der Waals surface area contributed by atoms with Crippen molar-refractivity contribution in [1.82, 2.24) is 41.5 Å². The number of hydrazine groups is 1. The maximum atomic E-state index is 15.2. The Labute approximate surface area is 211 Å². The molecule has 0 bridgehead atoms. The third kappa shape index (κ3) is 5.52. The van der Waals surface area contributed by atoms with Crippen LogP contribution in [0.15, 0.2) is 0 Å². The predicted octanol–water partition coefficient (Wildman–Crippen LogP) is -2.70. The Morgan fingerprint density at radius 2 is 1.75 bits per heavy atom. The number of alkyl halides is 2. The van der Waals surface area contributed by atoms with Crippen LogP contribution in [0.2, 0.25) is 0 Å². The Hall–Kier alpha value is -1.48.